The second-order valence-corrected chi connectivity index (χ2v) is 7.45. The molecule has 2 heterocycles. The molecule has 1 aliphatic heterocycles. The van der Waals surface area contributed by atoms with Crippen molar-refractivity contribution in [2.45, 2.75) is 26.8 Å². The van der Waals surface area contributed by atoms with E-state index in [0.717, 1.165) is 16.9 Å². The van der Waals surface area contributed by atoms with Crippen LogP contribution in [0, 0.1) is 6.92 Å². The molecule has 1 aliphatic rings. The van der Waals surface area contributed by atoms with Gasteiger partial charge in [-0.2, -0.15) is 0 Å². The molecule has 0 unspecified atom stereocenters. The number of benzene rings is 2. The molecule has 0 spiro atoms. The minimum atomic E-state index is -0.244. The molecule has 0 saturated carbocycles. The highest BCUT2D eigenvalue weighted by Gasteiger charge is 2.29. The van der Waals surface area contributed by atoms with Gasteiger partial charge in [-0.3, -0.25) is 9.59 Å². The van der Waals surface area contributed by atoms with Crippen LogP contribution in [0.4, 0.5) is 5.69 Å². The molecule has 7 nitrogen and oxygen atoms in total. The van der Waals surface area contributed by atoms with Crippen molar-refractivity contribution in [1.29, 1.82) is 0 Å². The monoisotopic (exact) mass is 431 g/mol. The molecular formula is C25H25N3O4. The van der Waals surface area contributed by atoms with Crippen LogP contribution in [0.2, 0.25) is 0 Å². The number of pyridine rings is 1. The van der Waals surface area contributed by atoms with Crippen molar-refractivity contribution in [2.75, 3.05) is 18.1 Å². The van der Waals surface area contributed by atoms with Gasteiger partial charge in [0.1, 0.15) is 11.3 Å². The Morgan fingerprint density at radius 1 is 1.16 bits per heavy atom. The lowest BCUT2D eigenvalue weighted by molar-refractivity contribution is -0.121. The van der Waals surface area contributed by atoms with Crippen LogP contribution >= 0.6 is 0 Å². The first-order valence-corrected chi connectivity index (χ1v) is 10.6. The Hall–Kier alpha value is -3.87. The number of nitrogens with one attached hydrogen (secondary N) is 1. The summed E-state index contributed by atoms with van der Waals surface area (Å²) in [6.07, 6.45) is 1.73. The molecule has 4 rings (SSSR count). The van der Waals surface area contributed by atoms with Gasteiger partial charge in [-0.15, -0.1) is 0 Å². The summed E-state index contributed by atoms with van der Waals surface area (Å²) in [6, 6.07) is 16.6. The van der Waals surface area contributed by atoms with Crippen molar-refractivity contribution in [3.8, 4) is 17.4 Å². The van der Waals surface area contributed by atoms with E-state index in [2.05, 4.69) is 10.3 Å². The van der Waals surface area contributed by atoms with E-state index in [4.69, 9.17) is 9.47 Å². The van der Waals surface area contributed by atoms with Crippen LogP contribution in [-0.4, -0.2) is 29.9 Å². The molecular weight excluding hydrogens is 406 g/mol. The zero-order chi connectivity index (χ0) is 22.5. The number of aromatic nitrogens is 1. The van der Waals surface area contributed by atoms with E-state index in [0.29, 0.717) is 30.2 Å². The third-order valence-electron chi connectivity index (χ3n) is 5.17. The maximum Gasteiger partial charge on any atom is 0.263 e. The number of anilines is 1. The van der Waals surface area contributed by atoms with E-state index in [-0.39, 0.29) is 30.7 Å². The van der Waals surface area contributed by atoms with Gasteiger partial charge in [0, 0.05) is 31.3 Å². The lowest BCUT2D eigenvalue weighted by atomic mass is 10.1. The zero-order valence-electron chi connectivity index (χ0n) is 18.1. The quantitative estimate of drug-likeness (QED) is 0.605. The lowest BCUT2D eigenvalue weighted by Gasteiger charge is -2.22. The Balaban J connectivity index is 1.49. The number of hydrogen-bond donors (Lipinski definition) is 1. The van der Waals surface area contributed by atoms with Gasteiger partial charge in [0.05, 0.1) is 12.3 Å². The summed E-state index contributed by atoms with van der Waals surface area (Å²) in [4.78, 5) is 31.7. The summed E-state index contributed by atoms with van der Waals surface area (Å²) in [5, 5.41) is 2.92. The molecule has 0 bridgehead atoms. The van der Waals surface area contributed by atoms with Gasteiger partial charge in [-0.1, -0.05) is 24.3 Å². The molecule has 1 N–H and O–H groups in total. The average Bonchev–Trinajstić information content (AvgIpc) is 2.91. The third-order valence-corrected chi connectivity index (χ3v) is 5.17. The minimum Gasteiger partial charge on any atom is -0.494 e. The minimum absolute atomic E-state index is 0.144. The highest BCUT2D eigenvalue weighted by atomic mass is 16.5. The number of aryl methyl sites for hydroxylation is 1. The molecule has 1 aromatic heterocycles. The Bertz CT molecular complexity index is 1150. The van der Waals surface area contributed by atoms with Crippen LogP contribution < -0.4 is 19.7 Å². The number of rotatable bonds is 7. The lowest BCUT2D eigenvalue weighted by Crippen LogP contribution is -2.35. The molecule has 2 amide bonds. The Morgan fingerprint density at radius 3 is 2.84 bits per heavy atom. The maximum atomic E-state index is 13.3. The molecule has 2 aromatic carbocycles. The molecule has 7 heteroatoms. The predicted molar refractivity (Wildman–Crippen MR) is 121 cm³/mol. The van der Waals surface area contributed by atoms with Crippen LogP contribution in [0.5, 0.6) is 17.4 Å². The highest BCUT2D eigenvalue weighted by molar-refractivity contribution is 6.09. The molecule has 3 aromatic rings. The summed E-state index contributed by atoms with van der Waals surface area (Å²) >= 11 is 0. The molecule has 32 heavy (non-hydrogen) atoms. The largest absolute Gasteiger partial charge is 0.494 e. The Labute approximate surface area is 187 Å². The summed E-state index contributed by atoms with van der Waals surface area (Å²) in [6.45, 7) is 4.99. The molecule has 0 aliphatic carbocycles. The van der Waals surface area contributed by atoms with Crippen molar-refractivity contribution >= 4 is 17.5 Å². The van der Waals surface area contributed by atoms with Crippen molar-refractivity contribution in [2.24, 2.45) is 0 Å². The Kier molecular flexibility index (Phi) is 6.35. The number of carbonyl (C=O) groups is 2. The number of ether oxygens (including phenoxy) is 2. The van der Waals surface area contributed by atoms with E-state index in [1.165, 1.54) is 0 Å². The van der Waals surface area contributed by atoms with Gasteiger partial charge < -0.3 is 19.7 Å². The molecule has 0 radical (unpaired) electrons. The summed E-state index contributed by atoms with van der Waals surface area (Å²) in [5.74, 6) is 1.15. The zero-order valence-corrected chi connectivity index (χ0v) is 18.1. The van der Waals surface area contributed by atoms with Gasteiger partial charge in [-0.05, 0) is 49.7 Å². The summed E-state index contributed by atoms with van der Waals surface area (Å²) in [5.41, 5.74) is 2.89. The first-order chi connectivity index (χ1) is 15.6. The van der Waals surface area contributed by atoms with Gasteiger partial charge in [0.2, 0.25) is 11.8 Å². The molecule has 0 saturated heterocycles. The number of nitrogens with zero attached hydrogens (tertiary/aromatic N) is 2. The molecule has 0 fully saturated rings. The van der Waals surface area contributed by atoms with E-state index >= 15 is 0 Å². The van der Waals surface area contributed by atoms with Gasteiger partial charge >= 0.3 is 0 Å². The SMILES string of the molecule is CCOc1ccccc1CNC(=O)CCN1C(=O)c2cccnc2Oc2ccc(C)cc21. The second kappa shape index (κ2) is 9.51. The van der Waals surface area contributed by atoms with Crippen LogP contribution in [0.3, 0.4) is 0 Å². The van der Waals surface area contributed by atoms with Crippen LogP contribution in [-0.2, 0) is 11.3 Å². The van der Waals surface area contributed by atoms with Gasteiger partial charge in [0.25, 0.3) is 5.91 Å². The van der Waals surface area contributed by atoms with E-state index < -0.39 is 0 Å². The summed E-state index contributed by atoms with van der Waals surface area (Å²) in [7, 11) is 0. The average molecular weight is 431 g/mol. The van der Waals surface area contributed by atoms with Crippen molar-refractivity contribution in [1.82, 2.24) is 10.3 Å². The number of hydrogen-bond acceptors (Lipinski definition) is 5. The Morgan fingerprint density at radius 2 is 2.00 bits per heavy atom. The van der Waals surface area contributed by atoms with Gasteiger partial charge in [-0.25, -0.2) is 4.98 Å². The van der Waals surface area contributed by atoms with Gasteiger partial charge in [0.15, 0.2) is 5.75 Å². The molecule has 0 atom stereocenters. The maximum absolute atomic E-state index is 13.3. The van der Waals surface area contributed by atoms with E-state index in [1.807, 2.05) is 56.3 Å². The standard InChI is InChI=1S/C25H25N3O4/c1-3-31-21-9-5-4-7-18(21)16-27-23(29)12-14-28-20-15-17(2)10-11-22(20)32-24-19(25(28)30)8-6-13-26-24/h4-11,13,15H,3,12,14,16H2,1-2H3,(H,27,29). The molecule has 164 valence electrons. The van der Waals surface area contributed by atoms with Crippen LogP contribution in [0.1, 0.15) is 34.8 Å². The summed E-state index contributed by atoms with van der Waals surface area (Å²) < 4.78 is 11.5. The van der Waals surface area contributed by atoms with Crippen molar-refractivity contribution in [3.63, 3.8) is 0 Å². The van der Waals surface area contributed by atoms with E-state index in [9.17, 15) is 9.59 Å². The van der Waals surface area contributed by atoms with Crippen molar-refractivity contribution < 1.29 is 19.1 Å². The van der Waals surface area contributed by atoms with E-state index in [1.54, 1.807) is 23.2 Å². The normalized spacial score (nSPS) is 12.3. The smallest absolute Gasteiger partial charge is 0.263 e. The fourth-order valence-electron chi connectivity index (χ4n) is 3.58. The number of fused-ring (bicyclic) bond motifs is 2. The number of carbonyl (C=O) groups excluding carboxylic acids is 2. The van der Waals surface area contributed by atoms with Crippen LogP contribution in [0.15, 0.2) is 60.8 Å². The van der Waals surface area contributed by atoms with Crippen LogP contribution in [0.25, 0.3) is 0 Å². The number of para-hydroxylation sites is 1. The third kappa shape index (κ3) is 4.56. The fourth-order valence-corrected chi connectivity index (χ4v) is 3.58. The predicted octanol–water partition coefficient (Wildman–Crippen LogP) is 4.25. The number of amides is 2. The topological polar surface area (TPSA) is 80.8 Å². The highest BCUT2D eigenvalue weighted by Crippen LogP contribution is 2.38. The first kappa shape index (κ1) is 21.4. The van der Waals surface area contributed by atoms with Crippen molar-refractivity contribution in [3.05, 3.63) is 77.5 Å². The fraction of sp³-hybridized carbons (Fsp3) is 0.240. The first-order valence-electron chi connectivity index (χ1n) is 10.6. The second-order valence-electron chi connectivity index (χ2n) is 7.45.